The number of benzene rings is 1. The van der Waals surface area contributed by atoms with Crippen molar-refractivity contribution in [2.45, 2.75) is 0 Å². The number of anilines is 1. The molecule has 0 bridgehead atoms. The zero-order chi connectivity index (χ0) is 11.0. The second-order valence-electron chi connectivity index (χ2n) is 3.10. The lowest BCUT2D eigenvalue weighted by atomic mass is 10.3. The van der Waals surface area contributed by atoms with E-state index in [1.165, 1.54) is 4.57 Å². The Hall–Kier alpha value is -2.24. The number of hydrogen-bond donors (Lipinski definition) is 2. The molecule has 6 nitrogen and oxygen atoms in total. The number of urea groups is 1. The average molecular weight is 207 g/mol. The molecular weight excluding hydrogens is 198 g/mol. The van der Waals surface area contributed by atoms with Gasteiger partial charge in [-0.1, -0.05) is 0 Å². The highest BCUT2D eigenvalue weighted by molar-refractivity contribution is 5.90. The van der Waals surface area contributed by atoms with Crippen LogP contribution in [0.4, 0.5) is 10.5 Å². The molecule has 78 valence electrons. The fraction of sp³-hybridized carbons (Fsp3) is 0.111. The molecule has 2 amide bonds. The first-order valence-corrected chi connectivity index (χ1v) is 4.24. The van der Waals surface area contributed by atoms with Gasteiger partial charge in [0.1, 0.15) is 0 Å². The summed E-state index contributed by atoms with van der Waals surface area (Å²) in [6.07, 6.45) is 0. The highest BCUT2D eigenvalue weighted by Gasteiger charge is 2.06. The number of rotatable bonds is 1. The van der Waals surface area contributed by atoms with Crippen molar-refractivity contribution in [3.8, 4) is 0 Å². The smallest absolute Gasteiger partial charge is 0.408 e. The van der Waals surface area contributed by atoms with Crippen LogP contribution in [0.25, 0.3) is 11.1 Å². The first-order chi connectivity index (χ1) is 7.08. The molecule has 0 aliphatic rings. The van der Waals surface area contributed by atoms with Crippen molar-refractivity contribution in [1.82, 2.24) is 4.57 Å². The predicted molar refractivity (Wildman–Crippen MR) is 54.7 cm³/mol. The van der Waals surface area contributed by atoms with Crippen LogP contribution in [0.3, 0.4) is 0 Å². The summed E-state index contributed by atoms with van der Waals surface area (Å²) >= 11 is 0. The number of aryl methyl sites for hydroxylation is 1. The van der Waals surface area contributed by atoms with Crippen LogP contribution in [0, 0.1) is 0 Å². The van der Waals surface area contributed by atoms with E-state index in [0.717, 1.165) is 0 Å². The molecule has 6 heteroatoms. The summed E-state index contributed by atoms with van der Waals surface area (Å²) in [7, 11) is 1.59. The number of amides is 2. The Kier molecular flexibility index (Phi) is 1.96. The standard InChI is InChI=1S/C9H9N3O3/c1-12-6-4-5(11-8(10)13)2-3-7(6)15-9(12)14/h2-4H,1H3,(H3,10,11,13). The van der Waals surface area contributed by atoms with Crippen LogP contribution in [0.1, 0.15) is 0 Å². The highest BCUT2D eigenvalue weighted by Crippen LogP contribution is 2.17. The third-order valence-electron chi connectivity index (χ3n) is 2.06. The van der Waals surface area contributed by atoms with Crippen LogP contribution < -0.4 is 16.8 Å². The molecule has 0 aliphatic carbocycles. The minimum absolute atomic E-state index is 0.443. The second-order valence-corrected chi connectivity index (χ2v) is 3.10. The van der Waals surface area contributed by atoms with Crippen molar-refractivity contribution in [2.75, 3.05) is 5.32 Å². The van der Waals surface area contributed by atoms with Gasteiger partial charge >= 0.3 is 11.8 Å². The van der Waals surface area contributed by atoms with Crippen molar-refractivity contribution >= 4 is 22.8 Å². The predicted octanol–water partition coefficient (Wildman–Crippen LogP) is 0.622. The molecule has 0 saturated carbocycles. The van der Waals surface area contributed by atoms with E-state index in [1.54, 1.807) is 25.2 Å². The largest absolute Gasteiger partial charge is 0.419 e. The van der Waals surface area contributed by atoms with Gasteiger partial charge < -0.3 is 15.5 Å². The molecule has 1 aromatic carbocycles. The number of nitrogens with two attached hydrogens (primary N) is 1. The highest BCUT2D eigenvalue weighted by atomic mass is 16.4. The number of nitrogens with one attached hydrogen (secondary N) is 1. The second kappa shape index (κ2) is 3.16. The Bertz CT molecular complexity index is 582. The topological polar surface area (TPSA) is 90.3 Å². The van der Waals surface area contributed by atoms with Crippen molar-refractivity contribution in [3.05, 3.63) is 28.7 Å². The van der Waals surface area contributed by atoms with E-state index in [2.05, 4.69) is 5.32 Å². The molecule has 1 aromatic heterocycles. The van der Waals surface area contributed by atoms with Crippen LogP contribution >= 0.6 is 0 Å². The Morgan fingerprint density at radius 3 is 2.93 bits per heavy atom. The molecule has 3 N–H and O–H groups in total. The molecule has 0 fully saturated rings. The Labute approximate surface area is 84.3 Å². The number of primary amides is 1. The minimum Gasteiger partial charge on any atom is -0.408 e. The van der Waals surface area contributed by atoms with Crippen molar-refractivity contribution in [1.29, 1.82) is 0 Å². The number of nitrogens with zero attached hydrogens (tertiary/aromatic N) is 1. The van der Waals surface area contributed by atoms with Crippen LogP contribution in [0.5, 0.6) is 0 Å². The van der Waals surface area contributed by atoms with Gasteiger partial charge in [0.25, 0.3) is 0 Å². The monoisotopic (exact) mass is 207 g/mol. The van der Waals surface area contributed by atoms with E-state index in [9.17, 15) is 9.59 Å². The Balaban J connectivity index is 2.59. The number of oxazole rings is 1. The Morgan fingerprint density at radius 2 is 2.27 bits per heavy atom. The third kappa shape index (κ3) is 1.56. The molecule has 0 unspecified atom stereocenters. The summed E-state index contributed by atoms with van der Waals surface area (Å²) < 4.78 is 6.27. The molecule has 0 aliphatic heterocycles. The third-order valence-corrected chi connectivity index (χ3v) is 2.06. The van der Waals surface area contributed by atoms with Crippen LogP contribution in [0.15, 0.2) is 27.4 Å². The van der Waals surface area contributed by atoms with Crippen LogP contribution in [0.2, 0.25) is 0 Å². The SMILES string of the molecule is Cn1c(=O)oc2ccc(NC(N)=O)cc21. The van der Waals surface area contributed by atoms with Gasteiger partial charge in [0, 0.05) is 12.7 Å². The maximum Gasteiger partial charge on any atom is 0.419 e. The number of carbonyl (C=O) groups excluding carboxylic acids is 1. The lowest BCUT2D eigenvalue weighted by Gasteiger charge is -2.00. The van der Waals surface area contributed by atoms with Gasteiger partial charge in [-0.2, -0.15) is 0 Å². The fourth-order valence-electron chi connectivity index (χ4n) is 1.35. The van der Waals surface area contributed by atoms with Gasteiger partial charge in [-0.15, -0.1) is 0 Å². The lowest BCUT2D eigenvalue weighted by Crippen LogP contribution is -2.19. The van der Waals surface area contributed by atoms with E-state index in [-0.39, 0.29) is 0 Å². The van der Waals surface area contributed by atoms with E-state index in [1.807, 2.05) is 0 Å². The molecule has 0 spiro atoms. The molecule has 0 saturated heterocycles. The van der Waals surface area contributed by atoms with Gasteiger partial charge in [-0.3, -0.25) is 4.57 Å². The summed E-state index contributed by atoms with van der Waals surface area (Å²) in [6, 6.07) is 4.17. The normalized spacial score (nSPS) is 10.5. The lowest BCUT2D eigenvalue weighted by molar-refractivity contribution is 0.259. The van der Waals surface area contributed by atoms with Crippen molar-refractivity contribution in [2.24, 2.45) is 12.8 Å². The zero-order valence-corrected chi connectivity index (χ0v) is 7.98. The van der Waals surface area contributed by atoms with Gasteiger partial charge in [-0.05, 0) is 18.2 Å². The van der Waals surface area contributed by atoms with Crippen molar-refractivity contribution in [3.63, 3.8) is 0 Å². The van der Waals surface area contributed by atoms with E-state index in [0.29, 0.717) is 16.8 Å². The van der Waals surface area contributed by atoms with E-state index in [4.69, 9.17) is 10.2 Å². The number of hydrogen-bond acceptors (Lipinski definition) is 3. The average Bonchev–Trinajstić information content (AvgIpc) is 2.43. The maximum absolute atomic E-state index is 11.2. The number of fused-ring (bicyclic) bond motifs is 1. The van der Waals surface area contributed by atoms with Crippen LogP contribution in [-0.4, -0.2) is 10.6 Å². The first-order valence-electron chi connectivity index (χ1n) is 4.24. The quantitative estimate of drug-likeness (QED) is 0.718. The summed E-state index contributed by atoms with van der Waals surface area (Å²) in [5, 5.41) is 2.42. The van der Waals surface area contributed by atoms with Gasteiger partial charge in [0.05, 0.1) is 5.52 Å². The van der Waals surface area contributed by atoms with Crippen LogP contribution in [-0.2, 0) is 7.05 Å². The molecule has 0 radical (unpaired) electrons. The molecule has 1 heterocycles. The number of carbonyl (C=O) groups is 1. The molecule has 15 heavy (non-hydrogen) atoms. The summed E-state index contributed by atoms with van der Waals surface area (Å²) in [5.74, 6) is -0.443. The summed E-state index contributed by atoms with van der Waals surface area (Å²) in [4.78, 5) is 21.8. The molecule has 2 rings (SSSR count). The molecule has 0 atom stereocenters. The van der Waals surface area contributed by atoms with Gasteiger partial charge in [0.15, 0.2) is 5.58 Å². The maximum atomic E-state index is 11.2. The minimum atomic E-state index is -0.650. The fourth-order valence-corrected chi connectivity index (χ4v) is 1.35. The zero-order valence-electron chi connectivity index (χ0n) is 7.98. The van der Waals surface area contributed by atoms with E-state index < -0.39 is 11.8 Å². The number of aromatic nitrogens is 1. The van der Waals surface area contributed by atoms with Gasteiger partial charge in [0.2, 0.25) is 0 Å². The summed E-state index contributed by atoms with van der Waals surface area (Å²) in [6.45, 7) is 0. The van der Waals surface area contributed by atoms with Gasteiger partial charge in [-0.25, -0.2) is 9.59 Å². The van der Waals surface area contributed by atoms with Crippen molar-refractivity contribution < 1.29 is 9.21 Å². The Morgan fingerprint density at radius 1 is 1.53 bits per heavy atom. The first kappa shape index (κ1) is 9.32. The molecular formula is C9H9N3O3. The van der Waals surface area contributed by atoms with E-state index >= 15 is 0 Å². The summed E-state index contributed by atoms with van der Waals surface area (Å²) in [5.41, 5.74) is 6.56. The molecule has 2 aromatic rings.